The third-order valence-corrected chi connectivity index (χ3v) is 5.17. The molecule has 0 saturated heterocycles. The van der Waals surface area contributed by atoms with Crippen molar-refractivity contribution in [2.75, 3.05) is 27.8 Å². The first-order chi connectivity index (χ1) is 13.7. The Morgan fingerprint density at radius 3 is 2.59 bits per heavy atom. The van der Waals surface area contributed by atoms with Gasteiger partial charge in [-0.3, -0.25) is 9.69 Å². The first kappa shape index (κ1) is 20.5. The summed E-state index contributed by atoms with van der Waals surface area (Å²) in [4.78, 5) is 28.7. The van der Waals surface area contributed by atoms with Crippen molar-refractivity contribution in [1.82, 2.24) is 15.1 Å². The minimum Gasteiger partial charge on any atom is -0.504 e. The van der Waals surface area contributed by atoms with Crippen molar-refractivity contribution >= 4 is 11.9 Å². The second kappa shape index (κ2) is 7.67. The van der Waals surface area contributed by atoms with Gasteiger partial charge in [0.15, 0.2) is 11.5 Å². The minimum absolute atomic E-state index is 0.0580. The molecule has 1 aromatic rings. The number of aliphatic hydroxyl groups is 1. The largest absolute Gasteiger partial charge is 0.504 e. The zero-order chi connectivity index (χ0) is 21.5. The van der Waals surface area contributed by atoms with E-state index in [1.165, 1.54) is 30.0 Å². The monoisotopic (exact) mass is 403 g/mol. The average Bonchev–Trinajstić information content (AvgIpc) is 2.70. The molecule has 2 aliphatic heterocycles. The van der Waals surface area contributed by atoms with Gasteiger partial charge in [-0.05, 0) is 31.5 Å². The lowest BCUT2D eigenvalue weighted by molar-refractivity contribution is -0.150. The van der Waals surface area contributed by atoms with Gasteiger partial charge in [-0.15, -0.1) is 0 Å². The lowest BCUT2D eigenvalue weighted by Gasteiger charge is -2.44. The van der Waals surface area contributed by atoms with Gasteiger partial charge in [-0.1, -0.05) is 6.07 Å². The van der Waals surface area contributed by atoms with E-state index < -0.39 is 24.1 Å². The third-order valence-electron chi connectivity index (χ3n) is 5.17. The van der Waals surface area contributed by atoms with E-state index >= 15 is 0 Å². The maximum absolute atomic E-state index is 13.1. The highest BCUT2D eigenvalue weighted by Gasteiger charge is 2.45. The smallest absolute Gasteiger partial charge is 0.336 e. The Morgan fingerprint density at radius 1 is 1.28 bits per heavy atom. The van der Waals surface area contributed by atoms with Gasteiger partial charge in [-0.2, -0.15) is 0 Å². The van der Waals surface area contributed by atoms with Crippen molar-refractivity contribution in [2.45, 2.75) is 26.1 Å². The summed E-state index contributed by atoms with van der Waals surface area (Å²) in [7, 11) is 4.55. The number of hydrogen-bond acceptors (Lipinski definition) is 8. The number of dihydropyridines is 1. The Balaban J connectivity index is 2.26. The molecule has 3 rings (SSSR count). The number of ether oxygens (including phenoxy) is 2. The van der Waals surface area contributed by atoms with E-state index in [1.807, 2.05) is 0 Å². The number of nitrogens with zero attached hydrogens (tertiary/aromatic N) is 2. The van der Waals surface area contributed by atoms with E-state index in [2.05, 4.69) is 5.32 Å². The number of aliphatic hydroxyl groups excluding tert-OH is 1. The molecule has 0 spiro atoms. The zero-order valence-corrected chi connectivity index (χ0v) is 17.0. The normalized spacial score (nSPS) is 21.8. The maximum atomic E-state index is 13.1. The third kappa shape index (κ3) is 3.27. The van der Waals surface area contributed by atoms with E-state index in [9.17, 15) is 19.8 Å². The average molecular weight is 403 g/mol. The molecule has 2 atom stereocenters. The molecule has 2 heterocycles. The standard InChI is InChI=1S/C20H25N3O6/c1-6-29-19(26)14-10(2)21-17-16(18(25)23(4)20(27)22(17)3)15(14)11-7-8-12(24)13(9-11)28-5/h7-9,15,20-21,24,27H,6H2,1-5H3. The number of nitrogens with one attached hydrogen (secondary N) is 1. The quantitative estimate of drug-likeness (QED) is 0.634. The number of allylic oxidation sites excluding steroid dienone is 1. The van der Waals surface area contributed by atoms with Crippen LogP contribution in [0.4, 0.5) is 0 Å². The molecule has 0 bridgehead atoms. The van der Waals surface area contributed by atoms with Crippen LogP contribution in [-0.2, 0) is 14.3 Å². The van der Waals surface area contributed by atoms with Gasteiger partial charge in [0, 0.05) is 19.8 Å². The Hall–Kier alpha value is -3.20. The van der Waals surface area contributed by atoms with Crippen molar-refractivity contribution in [3.63, 3.8) is 0 Å². The summed E-state index contributed by atoms with van der Waals surface area (Å²) in [5, 5.41) is 23.4. The number of aromatic hydroxyl groups is 1. The summed E-state index contributed by atoms with van der Waals surface area (Å²) < 4.78 is 10.5. The molecule has 0 fully saturated rings. The molecule has 0 saturated carbocycles. The molecule has 9 heteroatoms. The number of esters is 1. The SMILES string of the molecule is CCOC(=O)C1=C(C)NC2=C(C(=O)N(C)C(O)N2C)C1c1ccc(O)c(OC)c1. The molecular weight excluding hydrogens is 378 g/mol. The van der Waals surface area contributed by atoms with Gasteiger partial charge in [0.05, 0.1) is 30.8 Å². The van der Waals surface area contributed by atoms with Crippen molar-refractivity contribution in [3.05, 3.63) is 46.4 Å². The van der Waals surface area contributed by atoms with Crippen LogP contribution in [0.3, 0.4) is 0 Å². The van der Waals surface area contributed by atoms with Crippen LogP contribution in [0.5, 0.6) is 11.5 Å². The number of phenolic OH excluding ortho intramolecular Hbond substituents is 1. The molecule has 2 aliphatic rings. The number of methoxy groups -OCH3 is 1. The number of amides is 1. The van der Waals surface area contributed by atoms with Crippen LogP contribution in [0.15, 0.2) is 40.9 Å². The lowest BCUT2D eigenvalue weighted by atomic mass is 9.80. The molecule has 0 radical (unpaired) electrons. The van der Waals surface area contributed by atoms with Gasteiger partial charge >= 0.3 is 5.97 Å². The van der Waals surface area contributed by atoms with E-state index in [1.54, 1.807) is 33.0 Å². The van der Waals surface area contributed by atoms with E-state index in [0.717, 1.165) is 0 Å². The second-order valence-corrected chi connectivity index (χ2v) is 6.88. The van der Waals surface area contributed by atoms with Gasteiger partial charge in [0.1, 0.15) is 5.82 Å². The van der Waals surface area contributed by atoms with Gasteiger partial charge in [0.2, 0.25) is 6.35 Å². The van der Waals surface area contributed by atoms with Crippen molar-refractivity contribution in [1.29, 1.82) is 0 Å². The fourth-order valence-corrected chi connectivity index (χ4v) is 3.67. The lowest BCUT2D eigenvalue weighted by Crippen LogP contribution is -2.56. The number of carbonyl (C=O) groups is 2. The predicted octanol–water partition coefficient (Wildman–Crippen LogP) is 0.816. The summed E-state index contributed by atoms with van der Waals surface area (Å²) in [5.41, 5.74) is 1.66. The Morgan fingerprint density at radius 2 is 1.97 bits per heavy atom. The summed E-state index contributed by atoms with van der Waals surface area (Å²) in [6.45, 7) is 3.60. The summed E-state index contributed by atoms with van der Waals surface area (Å²) in [5.74, 6) is -1.19. The molecule has 2 unspecified atom stereocenters. The first-order valence-electron chi connectivity index (χ1n) is 9.16. The van der Waals surface area contributed by atoms with E-state index in [0.29, 0.717) is 22.7 Å². The molecular formula is C20H25N3O6. The number of benzene rings is 1. The second-order valence-electron chi connectivity index (χ2n) is 6.88. The number of phenols is 1. The predicted molar refractivity (Wildman–Crippen MR) is 103 cm³/mol. The summed E-state index contributed by atoms with van der Waals surface area (Å²) in [6.07, 6.45) is -1.15. The number of rotatable bonds is 4. The van der Waals surface area contributed by atoms with Crippen LogP contribution in [0, 0.1) is 0 Å². The van der Waals surface area contributed by atoms with Crippen LogP contribution in [0.1, 0.15) is 25.3 Å². The van der Waals surface area contributed by atoms with Crippen LogP contribution < -0.4 is 10.1 Å². The van der Waals surface area contributed by atoms with E-state index in [4.69, 9.17) is 9.47 Å². The molecule has 0 aliphatic carbocycles. The van der Waals surface area contributed by atoms with Gasteiger partial charge in [0.25, 0.3) is 5.91 Å². The highest BCUT2D eigenvalue weighted by Crippen LogP contribution is 2.43. The highest BCUT2D eigenvalue weighted by molar-refractivity contribution is 6.02. The summed E-state index contributed by atoms with van der Waals surface area (Å²) in [6, 6.07) is 4.66. The number of likely N-dealkylation sites (N-methyl/N-ethyl adjacent to an activating group) is 1. The molecule has 3 N–H and O–H groups in total. The molecule has 9 nitrogen and oxygen atoms in total. The maximum Gasteiger partial charge on any atom is 0.336 e. The fraction of sp³-hybridized carbons (Fsp3) is 0.400. The Bertz CT molecular complexity index is 923. The molecule has 29 heavy (non-hydrogen) atoms. The van der Waals surface area contributed by atoms with Crippen LogP contribution in [-0.4, -0.2) is 66.1 Å². The number of hydrogen-bond donors (Lipinski definition) is 3. The Labute approximate surface area is 168 Å². The van der Waals surface area contributed by atoms with Crippen LogP contribution >= 0.6 is 0 Å². The van der Waals surface area contributed by atoms with Gasteiger partial charge in [-0.25, -0.2) is 4.79 Å². The molecule has 0 aromatic heterocycles. The molecule has 1 amide bonds. The fourth-order valence-electron chi connectivity index (χ4n) is 3.67. The van der Waals surface area contributed by atoms with E-state index in [-0.39, 0.29) is 23.7 Å². The van der Waals surface area contributed by atoms with Crippen molar-refractivity contribution in [2.24, 2.45) is 0 Å². The Kier molecular flexibility index (Phi) is 5.43. The van der Waals surface area contributed by atoms with Crippen molar-refractivity contribution < 1.29 is 29.3 Å². The molecule has 1 aromatic carbocycles. The topological polar surface area (TPSA) is 112 Å². The van der Waals surface area contributed by atoms with Gasteiger partial charge < -0.3 is 29.9 Å². The number of carbonyl (C=O) groups excluding carboxylic acids is 2. The van der Waals surface area contributed by atoms with Crippen LogP contribution in [0.2, 0.25) is 0 Å². The molecule has 156 valence electrons. The zero-order valence-electron chi connectivity index (χ0n) is 17.0. The minimum atomic E-state index is -1.15. The summed E-state index contributed by atoms with van der Waals surface area (Å²) >= 11 is 0. The van der Waals surface area contributed by atoms with Crippen LogP contribution in [0.25, 0.3) is 0 Å². The highest BCUT2D eigenvalue weighted by atomic mass is 16.5. The van der Waals surface area contributed by atoms with Crippen molar-refractivity contribution in [3.8, 4) is 11.5 Å². The first-order valence-corrected chi connectivity index (χ1v) is 9.16.